The first-order valence-electron chi connectivity index (χ1n) is 3.10. The Morgan fingerprint density at radius 1 is 1.40 bits per heavy atom. The van der Waals surface area contributed by atoms with Crippen LogP contribution < -0.4 is 0 Å². The van der Waals surface area contributed by atoms with Gasteiger partial charge in [0, 0.05) is 12.4 Å². The lowest BCUT2D eigenvalue weighted by Crippen LogP contribution is -1.85. The zero-order valence-corrected chi connectivity index (χ0v) is 5.65. The molecule has 0 atom stereocenters. The summed E-state index contributed by atoms with van der Waals surface area (Å²) in [6.07, 6.45) is 7.31. The summed E-state index contributed by atoms with van der Waals surface area (Å²) in [6, 6.07) is 0. The molecule has 0 radical (unpaired) electrons. The van der Waals surface area contributed by atoms with Crippen molar-refractivity contribution in [3.63, 3.8) is 0 Å². The van der Waals surface area contributed by atoms with Gasteiger partial charge in [-0.15, -0.1) is 0 Å². The molecule has 10 heavy (non-hydrogen) atoms. The molecule has 0 unspecified atom stereocenters. The average molecular weight is 133 g/mol. The predicted molar refractivity (Wildman–Crippen MR) is 37.7 cm³/mol. The van der Waals surface area contributed by atoms with E-state index in [4.69, 9.17) is 0 Å². The van der Waals surface area contributed by atoms with Gasteiger partial charge in [0.1, 0.15) is 6.33 Å². The number of hydrogen-bond donors (Lipinski definition) is 0. The minimum Gasteiger partial charge on any atom is -0.290 e. The first-order chi connectivity index (χ1) is 4.86. The van der Waals surface area contributed by atoms with Crippen LogP contribution in [0.25, 0.3) is 5.65 Å². The number of rotatable bonds is 0. The number of hydrogen-bond acceptors (Lipinski definition) is 2. The minimum absolute atomic E-state index is 0.894. The van der Waals surface area contributed by atoms with E-state index in [1.54, 1.807) is 12.5 Å². The van der Waals surface area contributed by atoms with E-state index in [1.165, 1.54) is 0 Å². The van der Waals surface area contributed by atoms with Gasteiger partial charge in [0.15, 0.2) is 5.65 Å². The summed E-state index contributed by atoms with van der Waals surface area (Å²) in [5.74, 6) is 0. The molecule has 0 N–H and O–H groups in total. The van der Waals surface area contributed by atoms with Gasteiger partial charge in [-0.3, -0.25) is 4.40 Å². The highest BCUT2D eigenvalue weighted by molar-refractivity contribution is 5.34. The molecule has 0 saturated heterocycles. The van der Waals surface area contributed by atoms with Gasteiger partial charge in [0.2, 0.25) is 0 Å². The predicted octanol–water partition coefficient (Wildman–Crippen LogP) is 1.04. The smallest absolute Gasteiger partial charge is 0.156 e. The summed E-state index contributed by atoms with van der Waals surface area (Å²) in [6.45, 7) is 2.01. The van der Waals surface area contributed by atoms with E-state index in [0.717, 1.165) is 11.2 Å². The molecule has 0 aliphatic heterocycles. The highest BCUT2D eigenvalue weighted by Gasteiger charge is 1.91. The fourth-order valence-corrected chi connectivity index (χ4v) is 0.918. The number of fused-ring (bicyclic) bond motifs is 1. The molecule has 0 spiro atoms. The topological polar surface area (TPSA) is 30.2 Å². The normalized spacial score (nSPS) is 10.5. The maximum absolute atomic E-state index is 4.14. The van der Waals surface area contributed by atoms with Crippen molar-refractivity contribution in [1.82, 2.24) is 14.4 Å². The average Bonchev–Trinajstić information content (AvgIpc) is 2.33. The Morgan fingerprint density at radius 3 is 3.20 bits per heavy atom. The van der Waals surface area contributed by atoms with E-state index in [0.29, 0.717) is 0 Å². The second kappa shape index (κ2) is 1.80. The molecule has 2 aromatic rings. The first-order valence-corrected chi connectivity index (χ1v) is 3.10. The summed E-state index contributed by atoms with van der Waals surface area (Å²) < 4.78 is 1.90. The van der Waals surface area contributed by atoms with Crippen LogP contribution in [0.2, 0.25) is 0 Å². The van der Waals surface area contributed by atoms with E-state index >= 15 is 0 Å². The molecule has 0 bridgehead atoms. The molecule has 3 nitrogen and oxygen atoms in total. The summed E-state index contributed by atoms with van der Waals surface area (Å²) >= 11 is 0. The molecule has 0 aromatic carbocycles. The molecule has 2 aromatic heterocycles. The van der Waals surface area contributed by atoms with Crippen LogP contribution in [0.3, 0.4) is 0 Å². The van der Waals surface area contributed by atoms with Crippen LogP contribution in [0.1, 0.15) is 5.56 Å². The summed E-state index contributed by atoms with van der Waals surface area (Å²) in [5.41, 5.74) is 2.04. The monoisotopic (exact) mass is 133 g/mol. The third kappa shape index (κ3) is 0.673. The van der Waals surface area contributed by atoms with Crippen LogP contribution in [0.4, 0.5) is 0 Å². The molecule has 0 amide bonds. The van der Waals surface area contributed by atoms with Gasteiger partial charge < -0.3 is 0 Å². The Kier molecular flexibility index (Phi) is 0.974. The molecule has 0 aliphatic rings. The number of imidazole rings is 1. The van der Waals surface area contributed by atoms with Gasteiger partial charge in [0.25, 0.3) is 0 Å². The molecular formula is C7H7N3. The molecule has 2 rings (SSSR count). The lowest BCUT2D eigenvalue weighted by molar-refractivity contribution is 1.08. The van der Waals surface area contributed by atoms with Crippen LogP contribution in [0.5, 0.6) is 0 Å². The van der Waals surface area contributed by atoms with Gasteiger partial charge in [-0.25, -0.2) is 9.97 Å². The van der Waals surface area contributed by atoms with Gasteiger partial charge in [-0.1, -0.05) is 0 Å². The number of aromatic nitrogens is 3. The summed E-state index contributed by atoms with van der Waals surface area (Å²) in [5, 5.41) is 0. The zero-order chi connectivity index (χ0) is 6.97. The SMILES string of the molecule is Cc1cnc2cncn2c1. The Balaban J connectivity index is 2.86. The highest BCUT2D eigenvalue weighted by atomic mass is 15.0. The van der Waals surface area contributed by atoms with Crippen LogP contribution in [0, 0.1) is 6.92 Å². The second-order valence-electron chi connectivity index (χ2n) is 2.29. The van der Waals surface area contributed by atoms with Crippen molar-refractivity contribution in [1.29, 1.82) is 0 Å². The second-order valence-corrected chi connectivity index (χ2v) is 2.29. The molecule has 2 heterocycles. The number of aryl methyl sites for hydroxylation is 1. The van der Waals surface area contributed by atoms with Crippen molar-refractivity contribution < 1.29 is 0 Å². The van der Waals surface area contributed by atoms with E-state index in [9.17, 15) is 0 Å². The van der Waals surface area contributed by atoms with Crippen molar-refractivity contribution in [3.05, 3.63) is 30.5 Å². The fraction of sp³-hybridized carbons (Fsp3) is 0.143. The van der Waals surface area contributed by atoms with Crippen molar-refractivity contribution >= 4 is 5.65 Å². The Bertz CT molecular complexity index is 350. The van der Waals surface area contributed by atoms with Crippen molar-refractivity contribution in [2.75, 3.05) is 0 Å². The third-order valence-corrected chi connectivity index (χ3v) is 1.39. The largest absolute Gasteiger partial charge is 0.290 e. The molecule has 3 heteroatoms. The first kappa shape index (κ1) is 5.41. The molecular weight excluding hydrogens is 126 g/mol. The summed E-state index contributed by atoms with van der Waals surface area (Å²) in [4.78, 5) is 8.08. The fourth-order valence-electron chi connectivity index (χ4n) is 0.918. The molecule has 0 aliphatic carbocycles. The van der Waals surface area contributed by atoms with Gasteiger partial charge in [-0.2, -0.15) is 0 Å². The minimum atomic E-state index is 0.894. The van der Waals surface area contributed by atoms with E-state index < -0.39 is 0 Å². The Labute approximate surface area is 58.4 Å². The van der Waals surface area contributed by atoms with Crippen molar-refractivity contribution in [2.45, 2.75) is 6.92 Å². The van der Waals surface area contributed by atoms with Crippen molar-refractivity contribution in [2.24, 2.45) is 0 Å². The highest BCUT2D eigenvalue weighted by Crippen LogP contribution is 1.98. The molecule has 0 saturated carbocycles. The van der Waals surface area contributed by atoms with Crippen LogP contribution in [-0.4, -0.2) is 14.4 Å². The quantitative estimate of drug-likeness (QED) is 0.537. The zero-order valence-electron chi connectivity index (χ0n) is 5.65. The van der Waals surface area contributed by atoms with Gasteiger partial charge in [-0.05, 0) is 12.5 Å². The van der Waals surface area contributed by atoms with E-state index in [2.05, 4.69) is 9.97 Å². The third-order valence-electron chi connectivity index (χ3n) is 1.39. The van der Waals surface area contributed by atoms with E-state index in [1.807, 2.05) is 23.7 Å². The molecule has 0 fully saturated rings. The van der Waals surface area contributed by atoms with E-state index in [-0.39, 0.29) is 0 Å². The Morgan fingerprint density at radius 2 is 2.30 bits per heavy atom. The summed E-state index contributed by atoms with van der Waals surface area (Å²) in [7, 11) is 0. The van der Waals surface area contributed by atoms with Crippen molar-refractivity contribution in [3.8, 4) is 0 Å². The maximum Gasteiger partial charge on any atom is 0.156 e. The lowest BCUT2D eigenvalue weighted by atomic mass is 10.4. The Hall–Kier alpha value is -1.38. The number of nitrogens with zero attached hydrogens (tertiary/aromatic N) is 3. The molecule has 50 valence electrons. The van der Waals surface area contributed by atoms with Gasteiger partial charge in [0.05, 0.1) is 6.20 Å². The van der Waals surface area contributed by atoms with Crippen LogP contribution in [0.15, 0.2) is 24.9 Å². The lowest BCUT2D eigenvalue weighted by Gasteiger charge is -1.92. The standard InChI is InChI=1S/C7H7N3/c1-6-2-9-7-3-8-5-10(7)4-6/h2-5H,1H3. The maximum atomic E-state index is 4.14. The van der Waals surface area contributed by atoms with Crippen LogP contribution in [-0.2, 0) is 0 Å². The van der Waals surface area contributed by atoms with Gasteiger partial charge >= 0.3 is 0 Å². The van der Waals surface area contributed by atoms with Crippen LogP contribution >= 0.6 is 0 Å².